The molecule has 6 nitrogen and oxygen atoms in total. The summed E-state index contributed by atoms with van der Waals surface area (Å²) in [6.07, 6.45) is 3.66. The van der Waals surface area contributed by atoms with Crippen LogP contribution in [0.4, 0.5) is 4.39 Å². The van der Waals surface area contributed by atoms with E-state index in [-0.39, 0.29) is 17.6 Å². The Hall–Kier alpha value is -1.71. The Kier molecular flexibility index (Phi) is 7.12. The fraction of sp³-hybridized carbons (Fsp3) is 0.480. The SMILES string of the molecule is O=C(NS(=O)(=O)C1CC1)c1cc(C2CC2)c(CN2CCOC(Cc3ccc(Cl)c(Cl)c3)C2)cc1F. The second-order valence-corrected chi connectivity index (χ2v) is 12.4. The van der Waals surface area contributed by atoms with E-state index < -0.39 is 27.0 Å². The van der Waals surface area contributed by atoms with E-state index in [1.165, 1.54) is 6.07 Å². The predicted molar refractivity (Wildman–Crippen MR) is 133 cm³/mol. The van der Waals surface area contributed by atoms with Crippen LogP contribution in [0.2, 0.25) is 10.0 Å². The Bertz CT molecular complexity index is 1250. The third-order valence-electron chi connectivity index (χ3n) is 6.75. The van der Waals surface area contributed by atoms with E-state index in [4.69, 9.17) is 27.9 Å². The van der Waals surface area contributed by atoms with E-state index in [0.29, 0.717) is 55.5 Å². The molecule has 1 saturated heterocycles. The van der Waals surface area contributed by atoms with Crippen molar-refractivity contribution in [3.05, 3.63) is 68.4 Å². The first-order chi connectivity index (χ1) is 16.7. The fourth-order valence-electron chi connectivity index (χ4n) is 4.58. The van der Waals surface area contributed by atoms with Gasteiger partial charge in [-0.1, -0.05) is 29.3 Å². The van der Waals surface area contributed by atoms with Gasteiger partial charge < -0.3 is 4.74 Å². The van der Waals surface area contributed by atoms with Gasteiger partial charge in [0.1, 0.15) is 5.82 Å². The average Bonchev–Trinajstić information content (AvgIpc) is 3.69. The third kappa shape index (κ3) is 6.00. The number of halogens is 3. The van der Waals surface area contributed by atoms with Gasteiger partial charge in [0.25, 0.3) is 5.91 Å². The molecule has 0 aromatic heterocycles. The van der Waals surface area contributed by atoms with Crippen molar-refractivity contribution in [2.75, 3.05) is 19.7 Å². The molecule has 5 rings (SSSR count). The summed E-state index contributed by atoms with van der Waals surface area (Å²) < 4.78 is 47.3. The maximum atomic E-state index is 15.0. The summed E-state index contributed by atoms with van der Waals surface area (Å²) in [5.41, 5.74) is 2.58. The Labute approximate surface area is 214 Å². The van der Waals surface area contributed by atoms with Crippen molar-refractivity contribution in [1.82, 2.24) is 9.62 Å². The largest absolute Gasteiger partial charge is 0.375 e. The number of nitrogens with one attached hydrogen (secondary N) is 1. The van der Waals surface area contributed by atoms with Gasteiger partial charge in [0, 0.05) is 19.6 Å². The highest BCUT2D eigenvalue weighted by molar-refractivity contribution is 7.91. The molecule has 1 heterocycles. The molecule has 188 valence electrons. The first-order valence-electron chi connectivity index (χ1n) is 11.9. The number of benzene rings is 2. The number of hydrogen-bond donors (Lipinski definition) is 1. The molecule has 2 aliphatic carbocycles. The standard InChI is InChI=1S/C25H27Cl2FN2O4S/c26-22-6-1-15(10-23(22)27)9-18-14-30(7-8-34-18)13-17-11-24(28)21(12-20(17)16-2-3-16)25(31)29-35(32,33)19-4-5-19/h1,6,10-12,16,18-19H,2-5,7-9,13-14H2,(H,29,31). The second kappa shape index (κ2) is 9.98. The van der Waals surface area contributed by atoms with Crippen LogP contribution in [-0.4, -0.2) is 50.3 Å². The number of carbonyl (C=O) groups is 1. The highest BCUT2D eigenvalue weighted by atomic mass is 35.5. The van der Waals surface area contributed by atoms with Crippen molar-refractivity contribution >= 4 is 39.1 Å². The summed E-state index contributed by atoms with van der Waals surface area (Å²) in [6.45, 7) is 2.48. The highest BCUT2D eigenvalue weighted by Crippen LogP contribution is 2.43. The zero-order chi connectivity index (χ0) is 24.7. The van der Waals surface area contributed by atoms with Crippen LogP contribution in [0, 0.1) is 5.82 Å². The third-order valence-corrected chi connectivity index (χ3v) is 9.31. The molecular weight excluding hydrogens is 514 g/mol. The number of amides is 1. The van der Waals surface area contributed by atoms with E-state index in [9.17, 15) is 13.2 Å². The van der Waals surface area contributed by atoms with Crippen LogP contribution in [0.3, 0.4) is 0 Å². The quantitative estimate of drug-likeness (QED) is 0.526. The topological polar surface area (TPSA) is 75.7 Å². The molecule has 1 aliphatic heterocycles. The summed E-state index contributed by atoms with van der Waals surface area (Å²) in [4.78, 5) is 14.8. The van der Waals surface area contributed by atoms with Crippen LogP contribution in [-0.2, 0) is 27.7 Å². The van der Waals surface area contributed by atoms with E-state index >= 15 is 4.39 Å². The van der Waals surface area contributed by atoms with Gasteiger partial charge in [0.2, 0.25) is 10.0 Å². The van der Waals surface area contributed by atoms with Crippen LogP contribution < -0.4 is 4.72 Å². The lowest BCUT2D eigenvalue weighted by molar-refractivity contribution is -0.0305. The van der Waals surface area contributed by atoms with Crippen LogP contribution >= 0.6 is 23.2 Å². The Morgan fingerprint density at radius 2 is 1.89 bits per heavy atom. The van der Waals surface area contributed by atoms with E-state index in [0.717, 1.165) is 29.5 Å². The lowest BCUT2D eigenvalue weighted by atomic mass is 9.98. The summed E-state index contributed by atoms with van der Waals surface area (Å²) in [5, 5.41) is 0.476. The Morgan fingerprint density at radius 1 is 1.11 bits per heavy atom. The fourth-order valence-corrected chi connectivity index (χ4v) is 6.19. The maximum Gasteiger partial charge on any atom is 0.267 e. The summed E-state index contributed by atoms with van der Waals surface area (Å²) in [5.74, 6) is -1.32. The zero-order valence-corrected chi connectivity index (χ0v) is 21.4. The van der Waals surface area contributed by atoms with Gasteiger partial charge in [0.05, 0.1) is 33.6 Å². The van der Waals surface area contributed by atoms with Gasteiger partial charge in [-0.15, -0.1) is 0 Å². The van der Waals surface area contributed by atoms with E-state index in [1.54, 1.807) is 12.1 Å². The highest BCUT2D eigenvalue weighted by Gasteiger charge is 2.38. The number of rotatable bonds is 8. The molecule has 0 radical (unpaired) electrons. The van der Waals surface area contributed by atoms with Gasteiger partial charge >= 0.3 is 0 Å². The van der Waals surface area contributed by atoms with Gasteiger partial charge in [-0.25, -0.2) is 17.5 Å². The number of carbonyl (C=O) groups excluding carboxylic acids is 1. The molecule has 3 fully saturated rings. The van der Waals surface area contributed by atoms with Gasteiger partial charge in [0.15, 0.2) is 0 Å². The minimum absolute atomic E-state index is 0.0344. The molecule has 0 spiro atoms. The molecule has 1 N–H and O–H groups in total. The van der Waals surface area contributed by atoms with Crippen molar-refractivity contribution in [1.29, 1.82) is 0 Å². The monoisotopic (exact) mass is 540 g/mol. The summed E-state index contributed by atoms with van der Waals surface area (Å²) >= 11 is 12.2. The first-order valence-corrected chi connectivity index (χ1v) is 14.2. The van der Waals surface area contributed by atoms with E-state index in [1.807, 2.05) is 16.9 Å². The lowest BCUT2D eigenvalue weighted by Crippen LogP contribution is -2.43. The van der Waals surface area contributed by atoms with Crippen molar-refractivity contribution in [3.63, 3.8) is 0 Å². The molecule has 0 bridgehead atoms. The molecule has 2 aromatic carbocycles. The van der Waals surface area contributed by atoms with Crippen molar-refractivity contribution in [3.8, 4) is 0 Å². The predicted octanol–water partition coefficient (Wildman–Crippen LogP) is 4.68. The normalized spacial score (nSPS) is 21.2. The molecule has 1 amide bonds. The summed E-state index contributed by atoms with van der Waals surface area (Å²) in [7, 11) is -3.74. The number of morpholine rings is 1. The molecule has 3 aliphatic rings. The van der Waals surface area contributed by atoms with Crippen LogP contribution in [0.5, 0.6) is 0 Å². The van der Waals surface area contributed by atoms with Gasteiger partial charge in [-0.05, 0) is 79.0 Å². The molecule has 2 aromatic rings. The van der Waals surface area contributed by atoms with Crippen molar-refractivity contribution in [2.24, 2.45) is 0 Å². The van der Waals surface area contributed by atoms with Gasteiger partial charge in [-0.3, -0.25) is 9.69 Å². The first kappa shape index (κ1) is 25.0. The lowest BCUT2D eigenvalue weighted by Gasteiger charge is -2.33. The van der Waals surface area contributed by atoms with Crippen LogP contribution in [0.15, 0.2) is 30.3 Å². The van der Waals surface area contributed by atoms with Crippen LogP contribution in [0.1, 0.15) is 58.6 Å². The number of hydrogen-bond acceptors (Lipinski definition) is 5. The minimum atomic E-state index is -3.74. The molecule has 35 heavy (non-hydrogen) atoms. The Morgan fingerprint density at radius 3 is 2.57 bits per heavy atom. The van der Waals surface area contributed by atoms with Crippen LogP contribution in [0.25, 0.3) is 0 Å². The molecular formula is C25H27Cl2FN2O4S. The van der Waals surface area contributed by atoms with E-state index in [2.05, 4.69) is 4.90 Å². The maximum absolute atomic E-state index is 15.0. The average molecular weight is 541 g/mol. The second-order valence-electron chi connectivity index (χ2n) is 9.66. The van der Waals surface area contributed by atoms with Crippen molar-refractivity contribution < 1.29 is 22.3 Å². The molecule has 10 heteroatoms. The smallest absolute Gasteiger partial charge is 0.267 e. The van der Waals surface area contributed by atoms with Crippen molar-refractivity contribution in [2.45, 2.75) is 55.9 Å². The molecule has 1 unspecified atom stereocenters. The number of nitrogens with zero attached hydrogens (tertiary/aromatic N) is 1. The number of sulfonamides is 1. The summed E-state index contributed by atoms with van der Waals surface area (Å²) in [6, 6.07) is 8.51. The number of ether oxygens (including phenoxy) is 1. The molecule has 2 saturated carbocycles. The van der Waals surface area contributed by atoms with Gasteiger partial charge in [-0.2, -0.15) is 0 Å². The molecule has 1 atom stereocenters. The Balaban J connectivity index is 1.29. The minimum Gasteiger partial charge on any atom is -0.375 e. The zero-order valence-electron chi connectivity index (χ0n) is 19.1.